The van der Waals surface area contributed by atoms with Crippen LogP contribution in [0.5, 0.6) is 0 Å². The van der Waals surface area contributed by atoms with E-state index in [4.69, 9.17) is 0 Å². The van der Waals surface area contributed by atoms with Crippen LogP contribution in [-0.4, -0.2) is 27.0 Å². The van der Waals surface area contributed by atoms with Crippen LogP contribution in [0.25, 0.3) is 6.08 Å². The van der Waals surface area contributed by atoms with Crippen LogP contribution in [0.3, 0.4) is 0 Å². The Morgan fingerprint density at radius 3 is 2.39 bits per heavy atom. The van der Waals surface area contributed by atoms with E-state index in [-0.39, 0.29) is 21.9 Å². The minimum Gasteiger partial charge on any atom is -0.503 e. The summed E-state index contributed by atoms with van der Waals surface area (Å²) in [7, 11) is 0. The number of hydrogen-bond acceptors (Lipinski definition) is 7. The van der Waals surface area contributed by atoms with E-state index in [1.165, 1.54) is 28.8 Å². The maximum absolute atomic E-state index is 14.1. The van der Waals surface area contributed by atoms with Crippen LogP contribution in [0, 0.1) is 5.82 Å². The van der Waals surface area contributed by atoms with Gasteiger partial charge >= 0.3 is 0 Å². The lowest BCUT2D eigenvalue weighted by Gasteiger charge is -2.25. The molecule has 4 aromatic rings. The third-order valence-corrected chi connectivity index (χ3v) is 8.81. The number of aromatic nitrogens is 2. The Morgan fingerprint density at radius 2 is 1.71 bits per heavy atom. The predicted molar refractivity (Wildman–Crippen MR) is 161 cm³/mol. The van der Waals surface area contributed by atoms with E-state index in [2.05, 4.69) is 31.0 Å². The van der Waals surface area contributed by atoms with Gasteiger partial charge in [0, 0.05) is 5.75 Å². The van der Waals surface area contributed by atoms with Gasteiger partial charge in [-0.1, -0.05) is 123 Å². The van der Waals surface area contributed by atoms with Gasteiger partial charge in [-0.15, -0.1) is 10.2 Å². The number of thioether (sulfide) groups is 1. The van der Waals surface area contributed by atoms with Crippen molar-refractivity contribution in [2.45, 2.75) is 42.3 Å². The highest BCUT2D eigenvalue weighted by molar-refractivity contribution is 8.00. The summed E-state index contributed by atoms with van der Waals surface area (Å²) in [5, 5.41) is 19.7. The Labute approximate surface area is 246 Å². The minimum absolute atomic E-state index is 0.0264. The molecular formula is C32H28FN3O3S2. The normalized spacial score (nSPS) is 15.8. The molecule has 0 bridgehead atoms. The first kappa shape index (κ1) is 28.4. The molecule has 0 radical (unpaired) electrons. The van der Waals surface area contributed by atoms with E-state index in [1.54, 1.807) is 24.3 Å². The van der Waals surface area contributed by atoms with Gasteiger partial charge in [0.2, 0.25) is 5.13 Å². The second-order valence-electron chi connectivity index (χ2n) is 10.6. The molecule has 0 saturated carbocycles. The lowest BCUT2D eigenvalue weighted by atomic mass is 9.85. The Kier molecular flexibility index (Phi) is 8.19. The average molecular weight is 586 g/mol. The number of rotatable bonds is 8. The number of carbonyl (C=O) groups excluding carboxylic acids is 2. The van der Waals surface area contributed by atoms with Crippen LogP contribution in [0.2, 0.25) is 0 Å². The van der Waals surface area contributed by atoms with Crippen molar-refractivity contribution in [1.29, 1.82) is 0 Å². The second kappa shape index (κ2) is 11.8. The zero-order valence-corrected chi connectivity index (χ0v) is 24.4. The standard InChI is InChI=1S/C32H28FN3O3S2/c1-32(2,3)23-16-14-21(15-17-23)27-26(25(37)18-13-20-9-5-4-6-10-20)28(38)29(39)36(27)30-34-35-31(41-30)40-19-22-11-7-8-12-24(22)33/h4-18,27,38H,19H2,1-3H3/b18-13+. The van der Waals surface area contributed by atoms with Crippen LogP contribution < -0.4 is 4.90 Å². The van der Waals surface area contributed by atoms with Crippen molar-refractivity contribution in [3.63, 3.8) is 0 Å². The van der Waals surface area contributed by atoms with Crippen molar-refractivity contribution in [1.82, 2.24) is 10.2 Å². The van der Waals surface area contributed by atoms with Crippen molar-refractivity contribution >= 4 is 46.0 Å². The molecule has 1 unspecified atom stereocenters. The number of allylic oxidation sites excluding steroid dienone is 1. The summed E-state index contributed by atoms with van der Waals surface area (Å²) in [4.78, 5) is 28.3. The maximum atomic E-state index is 14.1. The molecule has 1 atom stereocenters. The monoisotopic (exact) mass is 585 g/mol. The van der Waals surface area contributed by atoms with Crippen LogP contribution in [-0.2, 0) is 20.8 Å². The predicted octanol–water partition coefficient (Wildman–Crippen LogP) is 7.45. The molecule has 0 fully saturated rings. The molecule has 1 aliphatic heterocycles. The van der Waals surface area contributed by atoms with Crippen LogP contribution >= 0.6 is 23.1 Å². The Hall–Kier alpha value is -4.08. The smallest absolute Gasteiger partial charge is 0.296 e. The van der Waals surface area contributed by atoms with Crippen molar-refractivity contribution < 1.29 is 19.1 Å². The molecule has 9 heteroatoms. The lowest BCUT2D eigenvalue weighted by Crippen LogP contribution is -2.31. The van der Waals surface area contributed by atoms with E-state index in [0.29, 0.717) is 21.2 Å². The molecule has 1 aliphatic rings. The van der Waals surface area contributed by atoms with Gasteiger partial charge < -0.3 is 5.11 Å². The number of nitrogens with zero attached hydrogens (tertiary/aromatic N) is 3. The molecule has 41 heavy (non-hydrogen) atoms. The summed E-state index contributed by atoms with van der Waals surface area (Å²) in [5.74, 6) is -1.80. The molecule has 0 spiro atoms. The number of amides is 1. The van der Waals surface area contributed by atoms with E-state index in [9.17, 15) is 19.1 Å². The van der Waals surface area contributed by atoms with Gasteiger partial charge in [0.1, 0.15) is 5.82 Å². The van der Waals surface area contributed by atoms with Gasteiger partial charge in [-0.2, -0.15) is 0 Å². The molecule has 0 saturated heterocycles. The molecule has 1 N–H and O–H groups in total. The van der Waals surface area contributed by atoms with E-state index in [0.717, 1.165) is 22.5 Å². The van der Waals surface area contributed by atoms with E-state index < -0.39 is 23.5 Å². The third kappa shape index (κ3) is 6.16. The molecule has 208 valence electrons. The quantitative estimate of drug-likeness (QED) is 0.131. The highest BCUT2D eigenvalue weighted by Crippen LogP contribution is 2.43. The number of anilines is 1. The molecule has 1 amide bonds. The van der Waals surface area contributed by atoms with Gasteiger partial charge in [0.25, 0.3) is 5.91 Å². The number of halogens is 1. The fourth-order valence-electron chi connectivity index (χ4n) is 4.47. The first-order valence-electron chi connectivity index (χ1n) is 13.0. The van der Waals surface area contributed by atoms with E-state index in [1.807, 2.05) is 54.6 Å². The fraction of sp³-hybridized carbons (Fsp3) is 0.188. The molecule has 6 nitrogen and oxygen atoms in total. The molecule has 5 rings (SSSR count). The van der Waals surface area contributed by atoms with Crippen LogP contribution in [0.1, 0.15) is 49.1 Å². The molecule has 2 heterocycles. The number of benzene rings is 3. The number of aliphatic hydroxyl groups excluding tert-OH is 1. The maximum Gasteiger partial charge on any atom is 0.296 e. The lowest BCUT2D eigenvalue weighted by molar-refractivity contribution is -0.117. The van der Waals surface area contributed by atoms with Crippen molar-refractivity contribution in [2.75, 3.05) is 4.90 Å². The topological polar surface area (TPSA) is 83.4 Å². The summed E-state index contributed by atoms with van der Waals surface area (Å²) in [5.41, 5.74) is 2.96. The SMILES string of the molecule is CC(C)(C)c1ccc(C2C(C(=O)/C=C/c3ccccc3)=C(O)C(=O)N2c2nnc(SCc3ccccc3F)s2)cc1. The van der Waals surface area contributed by atoms with Gasteiger partial charge in [-0.3, -0.25) is 14.5 Å². The van der Waals surface area contributed by atoms with Crippen LogP contribution in [0.4, 0.5) is 9.52 Å². The fourth-order valence-corrected chi connectivity index (χ4v) is 6.33. The zero-order chi connectivity index (χ0) is 29.1. The van der Waals surface area contributed by atoms with Gasteiger partial charge in [-0.25, -0.2) is 4.39 Å². The van der Waals surface area contributed by atoms with Gasteiger partial charge in [0.15, 0.2) is 15.9 Å². The Bertz CT molecular complexity index is 1640. The molecule has 3 aromatic carbocycles. The highest BCUT2D eigenvalue weighted by Gasteiger charge is 2.45. The first-order valence-corrected chi connectivity index (χ1v) is 14.8. The highest BCUT2D eigenvalue weighted by atomic mass is 32.2. The number of aliphatic hydroxyl groups is 1. The minimum atomic E-state index is -0.901. The summed E-state index contributed by atoms with van der Waals surface area (Å²) < 4.78 is 14.6. The van der Waals surface area contributed by atoms with E-state index >= 15 is 0 Å². The average Bonchev–Trinajstić information content (AvgIpc) is 3.53. The Balaban J connectivity index is 1.49. The van der Waals surface area contributed by atoms with Crippen molar-refractivity contribution in [2.24, 2.45) is 0 Å². The van der Waals surface area contributed by atoms with Crippen molar-refractivity contribution in [3.05, 3.63) is 124 Å². The second-order valence-corrected chi connectivity index (χ2v) is 12.7. The van der Waals surface area contributed by atoms with Gasteiger partial charge in [-0.05, 0) is 39.8 Å². The Morgan fingerprint density at radius 1 is 1.02 bits per heavy atom. The molecule has 1 aromatic heterocycles. The largest absolute Gasteiger partial charge is 0.503 e. The number of carbonyl (C=O) groups is 2. The number of hydrogen-bond donors (Lipinski definition) is 1. The summed E-state index contributed by atoms with van der Waals surface area (Å²) in [6, 6.07) is 22.6. The summed E-state index contributed by atoms with van der Waals surface area (Å²) in [6.45, 7) is 6.30. The van der Waals surface area contributed by atoms with Crippen molar-refractivity contribution in [3.8, 4) is 0 Å². The summed E-state index contributed by atoms with van der Waals surface area (Å²) >= 11 is 2.44. The van der Waals surface area contributed by atoms with Crippen LogP contribution in [0.15, 0.2) is 101 Å². The molecule has 0 aliphatic carbocycles. The zero-order valence-electron chi connectivity index (χ0n) is 22.7. The first-order chi connectivity index (χ1) is 19.6. The molecular weight excluding hydrogens is 558 g/mol. The number of ketones is 1. The summed E-state index contributed by atoms with van der Waals surface area (Å²) in [6.07, 6.45) is 3.02. The third-order valence-electron chi connectivity index (χ3n) is 6.70. The van der Waals surface area contributed by atoms with Gasteiger partial charge in [0.05, 0.1) is 11.6 Å².